The Balaban J connectivity index is -0.000000207. The fourth-order valence-corrected chi connectivity index (χ4v) is 1.75. The van der Waals surface area contributed by atoms with Gasteiger partial charge in [0, 0.05) is 0 Å². The van der Waals surface area contributed by atoms with Crippen LogP contribution < -0.4 is 0 Å². The molecule has 0 spiro atoms. The van der Waals surface area contributed by atoms with Crippen molar-refractivity contribution in [2.24, 2.45) is 0 Å². The quantitative estimate of drug-likeness (QED) is 0.134. The number of hydrogen-bond donors (Lipinski definition) is 0. The number of allylic oxidation sites excluding steroid dienone is 8. The second-order valence-electron chi connectivity index (χ2n) is 6.98. The molecule has 0 saturated heterocycles. The van der Waals surface area contributed by atoms with Crippen LogP contribution in [-0.2, 0) is 49.8 Å². The standard InChI is InChI=1S/2C8H12.3CHF3O3S.Rh/c2*1-2-4-6-8-7-5-3-1;3*2-1(3,4)8(5,6)7;/h2*1-4H,5-8H2;3*(H,5,6,7);/q;;;;;+3/p-3/b2*3-1-,4-2-;;;;. The SMILES string of the molecule is C1=C\CCCC\C=C/1.C1=C\CCCC\C=C/1.O=S(=O)([O-])C(F)(F)F.O=S(=O)([O-])C(F)(F)F.O=S(=O)([O-])C(F)(F)F.[Rh+3]. The molecule has 0 unspecified atom stereocenters. The van der Waals surface area contributed by atoms with Gasteiger partial charge in [0.05, 0.1) is 0 Å². The van der Waals surface area contributed by atoms with E-state index in [9.17, 15) is 39.5 Å². The molecule has 0 heterocycles. The molecule has 0 aromatic carbocycles. The van der Waals surface area contributed by atoms with Gasteiger partial charge in [-0.15, -0.1) is 0 Å². The first kappa shape index (κ1) is 46.6. The van der Waals surface area contributed by atoms with Crippen LogP contribution in [0.3, 0.4) is 0 Å². The van der Waals surface area contributed by atoms with Crippen molar-refractivity contribution in [3.05, 3.63) is 48.6 Å². The Morgan fingerprint density at radius 3 is 0.634 bits per heavy atom. The molecule has 0 aromatic heterocycles. The monoisotopic (exact) mass is 766 g/mol. The van der Waals surface area contributed by atoms with Crippen LogP contribution in [0.2, 0.25) is 0 Å². The third-order valence-corrected chi connectivity index (χ3v) is 5.30. The molecule has 22 heteroatoms. The first-order valence-corrected chi connectivity index (χ1v) is 14.7. The van der Waals surface area contributed by atoms with Gasteiger partial charge in [-0.25, -0.2) is 25.3 Å². The van der Waals surface area contributed by atoms with E-state index in [0.717, 1.165) is 0 Å². The fourth-order valence-electron chi connectivity index (χ4n) is 1.75. The molecule has 0 aliphatic heterocycles. The third-order valence-electron chi connectivity index (χ3n) is 3.60. The normalized spacial score (nSPS) is 19.1. The van der Waals surface area contributed by atoms with Crippen molar-refractivity contribution in [2.45, 2.75) is 67.9 Å². The topological polar surface area (TPSA) is 172 Å². The Morgan fingerprint density at radius 1 is 0.415 bits per heavy atom. The molecule has 244 valence electrons. The minimum atomic E-state index is -6.09. The molecule has 0 aromatic rings. The van der Waals surface area contributed by atoms with Crippen molar-refractivity contribution in [1.29, 1.82) is 0 Å². The Hall–Kier alpha value is -1.32. The Kier molecular flexibility index (Phi) is 24.3. The molecular formula is C19H24F9O9RhS3. The van der Waals surface area contributed by atoms with Crippen LogP contribution in [0.1, 0.15) is 51.4 Å². The van der Waals surface area contributed by atoms with E-state index in [1.165, 1.54) is 51.4 Å². The molecule has 0 bridgehead atoms. The summed E-state index contributed by atoms with van der Waals surface area (Å²) in [6.45, 7) is 0. The average Bonchev–Trinajstić information content (AvgIpc) is 2.64. The van der Waals surface area contributed by atoms with Gasteiger partial charge in [-0.2, -0.15) is 39.5 Å². The van der Waals surface area contributed by atoms with Crippen molar-refractivity contribution < 1.29 is 97.9 Å². The predicted octanol–water partition coefficient (Wildman–Crippen LogP) is 5.50. The maximum Gasteiger partial charge on any atom is 3.00 e. The molecule has 2 aliphatic rings. The largest absolute Gasteiger partial charge is 3.00 e. The van der Waals surface area contributed by atoms with Crippen LogP contribution in [0.5, 0.6) is 0 Å². The summed E-state index contributed by atoms with van der Waals surface area (Å²) in [7, 11) is -18.3. The fraction of sp³-hybridized carbons (Fsp3) is 0.579. The zero-order valence-electron chi connectivity index (χ0n) is 20.4. The molecular weight excluding hydrogens is 742 g/mol. The molecule has 0 fully saturated rings. The summed E-state index contributed by atoms with van der Waals surface area (Å²) in [4.78, 5) is 0. The zero-order chi connectivity index (χ0) is 32.3. The van der Waals surface area contributed by atoms with Gasteiger partial charge in [0.25, 0.3) is 0 Å². The van der Waals surface area contributed by atoms with Gasteiger partial charge in [-0.05, 0) is 51.4 Å². The number of halogens is 9. The molecule has 2 rings (SSSR count). The van der Waals surface area contributed by atoms with Crippen LogP contribution in [0.25, 0.3) is 0 Å². The van der Waals surface area contributed by atoms with E-state index >= 15 is 0 Å². The van der Waals surface area contributed by atoms with Gasteiger partial charge < -0.3 is 13.7 Å². The maximum absolute atomic E-state index is 10.7. The second-order valence-corrected chi connectivity index (χ2v) is 11.1. The zero-order valence-corrected chi connectivity index (χ0v) is 24.5. The predicted molar refractivity (Wildman–Crippen MR) is 121 cm³/mol. The summed E-state index contributed by atoms with van der Waals surface area (Å²) in [6.07, 6.45) is 28.0. The molecule has 0 N–H and O–H groups in total. The Morgan fingerprint density at radius 2 is 0.537 bits per heavy atom. The first-order chi connectivity index (χ1) is 17.8. The number of alkyl halides is 9. The molecule has 9 nitrogen and oxygen atoms in total. The van der Waals surface area contributed by atoms with Crippen LogP contribution >= 0.6 is 0 Å². The van der Waals surface area contributed by atoms with Crippen molar-refractivity contribution in [2.75, 3.05) is 0 Å². The molecule has 0 atom stereocenters. The Labute approximate surface area is 244 Å². The van der Waals surface area contributed by atoms with Gasteiger partial charge in [0.15, 0.2) is 30.4 Å². The summed E-state index contributed by atoms with van der Waals surface area (Å²) in [5.41, 5.74) is -16.9. The van der Waals surface area contributed by atoms with E-state index in [1.54, 1.807) is 0 Å². The van der Waals surface area contributed by atoms with E-state index in [-0.39, 0.29) is 19.5 Å². The van der Waals surface area contributed by atoms with Crippen molar-refractivity contribution >= 4 is 30.4 Å². The third kappa shape index (κ3) is 30.0. The molecule has 0 radical (unpaired) electrons. The minimum Gasteiger partial charge on any atom is -0.741 e. The van der Waals surface area contributed by atoms with E-state index in [2.05, 4.69) is 48.6 Å². The van der Waals surface area contributed by atoms with Gasteiger partial charge in [0.2, 0.25) is 0 Å². The molecule has 41 heavy (non-hydrogen) atoms. The van der Waals surface area contributed by atoms with Crippen molar-refractivity contribution in [1.82, 2.24) is 0 Å². The van der Waals surface area contributed by atoms with Crippen LogP contribution in [0.4, 0.5) is 39.5 Å². The molecule has 0 saturated carbocycles. The number of rotatable bonds is 0. The summed E-state index contributed by atoms with van der Waals surface area (Å²) < 4.78 is 177. The van der Waals surface area contributed by atoms with Gasteiger partial charge in [-0.3, -0.25) is 0 Å². The van der Waals surface area contributed by atoms with E-state index < -0.39 is 46.9 Å². The van der Waals surface area contributed by atoms with E-state index in [4.69, 9.17) is 38.9 Å². The second kappa shape index (κ2) is 21.4. The van der Waals surface area contributed by atoms with Gasteiger partial charge in [-0.1, -0.05) is 48.6 Å². The molecule has 2 aliphatic carbocycles. The van der Waals surface area contributed by atoms with Crippen LogP contribution in [0.15, 0.2) is 48.6 Å². The summed E-state index contributed by atoms with van der Waals surface area (Å²) in [6, 6.07) is 0. The van der Waals surface area contributed by atoms with E-state index in [0.29, 0.717) is 0 Å². The Bertz CT molecular complexity index is 983. The van der Waals surface area contributed by atoms with Crippen LogP contribution in [-0.4, -0.2) is 55.4 Å². The van der Waals surface area contributed by atoms with Crippen LogP contribution in [0, 0.1) is 0 Å². The van der Waals surface area contributed by atoms with Gasteiger partial charge in [0.1, 0.15) is 0 Å². The smallest absolute Gasteiger partial charge is 0.741 e. The minimum absolute atomic E-state index is 0. The van der Waals surface area contributed by atoms with E-state index in [1.807, 2.05) is 0 Å². The average molecular weight is 766 g/mol. The maximum atomic E-state index is 10.7. The molecule has 0 amide bonds. The number of hydrogen-bond acceptors (Lipinski definition) is 9. The summed E-state index contributed by atoms with van der Waals surface area (Å²) >= 11 is 0. The summed E-state index contributed by atoms with van der Waals surface area (Å²) in [5, 5.41) is 0. The first-order valence-electron chi connectivity index (χ1n) is 10.4. The van der Waals surface area contributed by atoms with Crippen molar-refractivity contribution in [3.63, 3.8) is 0 Å². The van der Waals surface area contributed by atoms with Crippen molar-refractivity contribution in [3.8, 4) is 0 Å². The van der Waals surface area contributed by atoms with Gasteiger partial charge >= 0.3 is 36.0 Å². The summed E-state index contributed by atoms with van der Waals surface area (Å²) in [5.74, 6) is 0.